The molecule has 0 atom stereocenters. The molecule has 180 valence electrons. The van der Waals surface area contributed by atoms with Gasteiger partial charge in [-0.15, -0.1) is 0 Å². The highest BCUT2D eigenvalue weighted by Crippen LogP contribution is 2.39. The summed E-state index contributed by atoms with van der Waals surface area (Å²) in [6, 6.07) is 9.35. The Labute approximate surface area is 205 Å². The van der Waals surface area contributed by atoms with E-state index in [9.17, 15) is 9.90 Å². The van der Waals surface area contributed by atoms with Gasteiger partial charge < -0.3 is 19.1 Å². The van der Waals surface area contributed by atoms with Gasteiger partial charge in [-0.3, -0.25) is 9.79 Å². The van der Waals surface area contributed by atoms with Crippen LogP contribution in [0.4, 0.5) is 0 Å². The predicted molar refractivity (Wildman–Crippen MR) is 141 cm³/mol. The molecule has 1 aromatic carbocycles. The largest absolute Gasteiger partial charge is 0.506 e. The van der Waals surface area contributed by atoms with Gasteiger partial charge in [0.25, 0.3) is 0 Å². The fraction of sp³-hybridized carbons (Fsp3) is 0.241. The molecule has 1 aromatic heterocycles. The van der Waals surface area contributed by atoms with Crippen molar-refractivity contribution >= 4 is 29.2 Å². The van der Waals surface area contributed by atoms with Gasteiger partial charge in [-0.25, -0.2) is 0 Å². The number of carbonyl (C=O) groups is 1. The zero-order valence-electron chi connectivity index (χ0n) is 20.5. The number of aliphatic hydroxyl groups excluding tert-OH is 1. The molecular weight excluding hydrogens is 440 g/mol. The Balaban J connectivity index is 1.58. The Bertz CT molecular complexity index is 1310. The van der Waals surface area contributed by atoms with E-state index in [0.717, 1.165) is 47.9 Å². The molecule has 0 saturated carbocycles. The molecule has 6 nitrogen and oxygen atoms in total. The summed E-state index contributed by atoms with van der Waals surface area (Å²) in [5.41, 5.74) is 4.67. The Hall–Kier alpha value is -4.06. The lowest BCUT2D eigenvalue weighted by Crippen LogP contribution is -2.24. The molecule has 1 N–H and O–H groups in total. The van der Waals surface area contributed by atoms with Crippen LogP contribution in [-0.2, 0) is 11.8 Å². The average molecular weight is 471 g/mol. The molecule has 6 heteroatoms. The van der Waals surface area contributed by atoms with E-state index in [1.807, 2.05) is 78.4 Å². The zero-order valence-corrected chi connectivity index (χ0v) is 20.5. The van der Waals surface area contributed by atoms with Crippen LogP contribution in [0.1, 0.15) is 36.7 Å². The van der Waals surface area contributed by atoms with Crippen molar-refractivity contribution in [3.05, 3.63) is 88.5 Å². The molecule has 0 bridgehead atoms. The highest BCUT2D eigenvalue weighted by atomic mass is 16.5. The summed E-state index contributed by atoms with van der Waals surface area (Å²) in [6.45, 7) is 2.92. The van der Waals surface area contributed by atoms with Crippen molar-refractivity contribution in [3.63, 3.8) is 0 Å². The van der Waals surface area contributed by atoms with Gasteiger partial charge in [0, 0.05) is 24.8 Å². The van der Waals surface area contributed by atoms with E-state index in [1.165, 1.54) is 0 Å². The highest BCUT2D eigenvalue weighted by Gasteiger charge is 2.37. The van der Waals surface area contributed by atoms with Crippen molar-refractivity contribution in [1.82, 2.24) is 4.57 Å². The van der Waals surface area contributed by atoms with E-state index in [0.29, 0.717) is 22.4 Å². The van der Waals surface area contributed by atoms with E-state index < -0.39 is 0 Å². The van der Waals surface area contributed by atoms with Crippen LogP contribution >= 0.6 is 0 Å². The number of ketones is 1. The number of ether oxygens (including phenoxy) is 2. The molecule has 0 saturated heterocycles. The van der Waals surface area contributed by atoms with Crippen molar-refractivity contribution in [3.8, 4) is 11.5 Å². The number of allylic oxidation sites excluding steroid dienone is 7. The summed E-state index contributed by atoms with van der Waals surface area (Å²) in [5.74, 6) is 1.33. The number of rotatable bonds is 8. The molecule has 4 rings (SSSR count). The van der Waals surface area contributed by atoms with E-state index in [2.05, 4.69) is 11.9 Å². The number of hydrogen-bond acceptors (Lipinski definition) is 5. The first-order valence-corrected chi connectivity index (χ1v) is 11.7. The predicted octanol–water partition coefficient (Wildman–Crippen LogP) is 5.73. The Morgan fingerprint density at radius 2 is 1.77 bits per heavy atom. The van der Waals surface area contributed by atoms with Gasteiger partial charge in [0.1, 0.15) is 17.3 Å². The highest BCUT2D eigenvalue weighted by molar-refractivity contribution is 6.39. The number of aromatic nitrogens is 1. The van der Waals surface area contributed by atoms with Crippen molar-refractivity contribution in [2.24, 2.45) is 12.0 Å². The maximum atomic E-state index is 13.0. The van der Waals surface area contributed by atoms with Gasteiger partial charge in [0.05, 0.1) is 36.8 Å². The first-order chi connectivity index (χ1) is 17.0. The van der Waals surface area contributed by atoms with Crippen LogP contribution in [0, 0.1) is 0 Å². The Morgan fingerprint density at radius 1 is 1.00 bits per heavy atom. The number of benzene rings is 1. The summed E-state index contributed by atoms with van der Waals surface area (Å²) < 4.78 is 12.6. The summed E-state index contributed by atoms with van der Waals surface area (Å²) in [4.78, 5) is 17.5. The first kappa shape index (κ1) is 24.1. The molecule has 0 aliphatic heterocycles. The number of Topliss-reactive ketones (excluding diaryl/α,β-unsaturated/α-hetero) is 1. The zero-order chi connectivity index (χ0) is 24.9. The second-order valence-electron chi connectivity index (χ2n) is 8.35. The molecule has 0 radical (unpaired) electrons. The van der Waals surface area contributed by atoms with E-state index in [-0.39, 0.29) is 11.5 Å². The topological polar surface area (TPSA) is 73.0 Å². The lowest BCUT2D eigenvalue weighted by molar-refractivity contribution is -0.111. The SMILES string of the molecule is CCCCN=C1C=CC(=C2C(=O)C(c3ccc(/C=C/c4cc(OC)ccc4OC)n3C)=C2O)C=C1. The molecule has 1 heterocycles. The van der Waals surface area contributed by atoms with Crippen molar-refractivity contribution < 1.29 is 19.4 Å². The normalized spacial score (nSPS) is 15.3. The third-order valence-corrected chi connectivity index (χ3v) is 6.18. The van der Waals surface area contributed by atoms with E-state index in [1.54, 1.807) is 14.2 Å². The number of carbonyl (C=O) groups excluding carboxylic acids is 1. The van der Waals surface area contributed by atoms with Gasteiger partial charge in [-0.1, -0.05) is 25.5 Å². The molecule has 2 aromatic rings. The van der Waals surface area contributed by atoms with Gasteiger partial charge in [0.2, 0.25) is 5.78 Å². The van der Waals surface area contributed by atoms with Crippen LogP contribution in [0.25, 0.3) is 17.7 Å². The van der Waals surface area contributed by atoms with Crippen molar-refractivity contribution in [2.45, 2.75) is 19.8 Å². The summed E-state index contributed by atoms with van der Waals surface area (Å²) >= 11 is 0. The van der Waals surface area contributed by atoms with Gasteiger partial charge in [-0.05, 0) is 66.6 Å². The average Bonchev–Trinajstić information content (AvgIpc) is 3.23. The third kappa shape index (κ3) is 4.78. The van der Waals surface area contributed by atoms with E-state index in [4.69, 9.17) is 9.47 Å². The molecule has 0 spiro atoms. The van der Waals surface area contributed by atoms with Crippen LogP contribution < -0.4 is 9.47 Å². The summed E-state index contributed by atoms with van der Waals surface area (Å²) in [7, 11) is 5.12. The molecular formula is C29H30N2O4. The lowest BCUT2D eigenvalue weighted by Gasteiger charge is -2.24. The number of methoxy groups -OCH3 is 2. The quantitative estimate of drug-likeness (QED) is 0.395. The van der Waals surface area contributed by atoms with Gasteiger partial charge >= 0.3 is 0 Å². The van der Waals surface area contributed by atoms with Crippen LogP contribution in [-0.4, -0.2) is 41.9 Å². The van der Waals surface area contributed by atoms with Gasteiger partial charge in [-0.2, -0.15) is 0 Å². The second-order valence-corrected chi connectivity index (χ2v) is 8.35. The number of aliphatic imine (C=N–C) groups is 1. The Morgan fingerprint density at radius 3 is 2.43 bits per heavy atom. The summed E-state index contributed by atoms with van der Waals surface area (Å²) in [6.07, 6.45) is 13.5. The monoisotopic (exact) mass is 470 g/mol. The molecule has 35 heavy (non-hydrogen) atoms. The number of aliphatic hydroxyl groups is 1. The molecule has 2 aliphatic rings. The van der Waals surface area contributed by atoms with Crippen LogP contribution in [0.5, 0.6) is 11.5 Å². The Kier molecular flexibility index (Phi) is 7.20. The fourth-order valence-corrected chi connectivity index (χ4v) is 4.10. The minimum atomic E-state index is -0.163. The minimum Gasteiger partial charge on any atom is -0.506 e. The second kappa shape index (κ2) is 10.5. The van der Waals surface area contributed by atoms with Crippen LogP contribution in [0.15, 0.2) is 76.5 Å². The van der Waals surface area contributed by atoms with Crippen molar-refractivity contribution in [2.75, 3.05) is 20.8 Å². The van der Waals surface area contributed by atoms with E-state index >= 15 is 0 Å². The summed E-state index contributed by atoms with van der Waals surface area (Å²) in [5, 5.41) is 10.8. The minimum absolute atomic E-state index is 0.0249. The number of hydrogen-bond donors (Lipinski definition) is 1. The number of nitrogens with zero attached hydrogens (tertiary/aromatic N) is 2. The molecule has 0 amide bonds. The molecule has 0 fully saturated rings. The maximum absolute atomic E-state index is 13.0. The third-order valence-electron chi connectivity index (χ3n) is 6.18. The number of unbranched alkanes of at least 4 members (excludes halogenated alkanes) is 1. The molecule has 0 unspecified atom stereocenters. The smallest absolute Gasteiger partial charge is 0.203 e. The van der Waals surface area contributed by atoms with Crippen LogP contribution in [0.3, 0.4) is 0 Å². The van der Waals surface area contributed by atoms with Crippen molar-refractivity contribution in [1.29, 1.82) is 0 Å². The lowest BCUT2D eigenvalue weighted by atomic mass is 9.82. The first-order valence-electron chi connectivity index (χ1n) is 11.7. The fourth-order valence-electron chi connectivity index (χ4n) is 4.10. The maximum Gasteiger partial charge on any atom is 0.203 e. The standard InChI is InChI=1S/C29H30N2O4/c1-5-6-17-30-21-10-7-19(8-11-21)26-28(32)27(29(26)33)24-15-13-22(31(24)2)12-9-20-18-23(34-3)14-16-25(20)35-4/h7-16,18,32H,5-6,17H2,1-4H3/b12-9+,26-19?,30-21?. The molecule has 2 aliphatic carbocycles. The van der Waals surface area contributed by atoms with Crippen LogP contribution in [0.2, 0.25) is 0 Å². The van der Waals surface area contributed by atoms with Gasteiger partial charge in [0.15, 0.2) is 0 Å².